The van der Waals surface area contributed by atoms with E-state index in [0.29, 0.717) is 18.8 Å². The number of carbonyl (C=O) groups excluding carboxylic acids is 1. The smallest absolute Gasteiger partial charge is 0.410 e. The van der Waals surface area contributed by atoms with Crippen molar-refractivity contribution >= 4 is 6.09 Å². The molecule has 1 amide bonds. The van der Waals surface area contributed by atoms with Crippen LogP contribution in [-0.4, -0.2) is 52.0 Å². The average Bonchev–Trinajstić information content (AvgIpc) is 2.81. The Morgan fingerprint density at radius 1 is 0.903 bits per heavy atom. The standard InChI is InChI=1S/C25H28N4O2/c1-20-5-4-14-27-24(20)12-9-21-7-10-23(11-8-21)31-25(30)29-17-15-28(16-18-29)19-22-6-2-3-13-26-22/h2-8,10-11,13-14H,9,12,15-19H2,1H3. The molecule has 3 aromatic rings. The van der Waals surface area contributed by atoms with E-state index in [1.54, 1.807) is 4.90 Å². The highest BCUT2D eigenvalue weighted by Crippen LogP contribution is 2.16. The van der Waals surface area contributed by atoms with E-state index in [4.69, 9.17) is 4.74 Å². The number of hydrogen-bond donors (Lipinski definition) is 0. The van der Waals surface area contributed by atoms with Crippen molar-refractivity contribution in [3.8, 4) is 5.75 Å². The van der Waals surface area contributed by atoms with E-state index >= 15 is 0 Å². The predicted octanol–water partition coefficient (Wildman–Crippen LogP) is 3.89. The Bertz CT molecular complexity index is 984. The minimum absolute atomic E-state index is 0.283. The molecule has 3 heterocycles. The number of ether oxygens (including phenoxy) is 1. The molecule has 0 atom stereocenters. The fourth-order valence-corrected chi connectivity index (χ4v) is 3.74. The lowest BCUT2D eigenvalue weighted by atomic mass is 10.1. The van der Waals surface area contributed by atoms with Crippen LogP contribution in [0.15, 0.2) is 67.0 Å². The quantitative estimate of drug-likeness (QED) is 0.610. The van der Waals surface area contributed by atoms with Gasteiger partial charge in [-0.15, -0.1) is 0 Å². The predicted molar refractivity (Wildman–Crippen MR) is 120 cm³/mol. The highest BCUT2D eigenvalue weighted by molar-refractivity contribution is 5.70. The van der Waals surface area contributed by atoms with Crippen molar-refractivity contribution in [1.82, 2.24) is 19.8 Å². The van der Waals surface area contributed by atoms with Gasteiger partial charge in [-0.3, -0.25) is 14.9 Å². The molecule has 1 aliphatic rings. The fourth-order valence-electron chi connectivity index (χ4n) is 3.74. The second kappa shape index (κ2) is 10.2. The molecule has 4 rings (SSSR count). The molecule has 160 valence electrons. The van der Waals surface area contributed by atoms with Gasteiger partial charge >= 0.3 is 6.09 Å². The lowest BCUT2D eigenvalue weighted by Gasteiger charge is -2.33. The normalized spacial score (nSPS) is 14.4. The molecule has 1 aromatic carbocycles. The van der Waals surface area contributed by atoms with Gasteiger partial charge in [-0.05, 0) is 61.2 Å². The summed E-state index contributed by atoms with van der Waals surface area (Å²) in [5.74, 6) is 0.582. The van der Waals surface area contributed by atoms with Gasteiger partial charge in [0, 0.05) is 50.8 Å². The van der Waals surface area contributed by atoms with Gasteiger partial charge in [-0.1, -0.05) is 24.3 Å². The molecule has 6 heteroatoms. The first kappa shape index (κ1) is 21.0. The van der Waals surface area contributed by atoms with Crippen LogP contribution in [-0.2, 0) is 19.4 Å². The number of aryl methyl sites for hydroxylation is 3. The van der Waals surface area contributed by atoms with Gasteiger partial charge in [-0.2, -0.15) is 0 Å². The molecule has 1 saturated heterocycles. The maximum atomic E-state index is 12.5. The van der Waals surface area contributed by atoms with E-state index in [1.807, 2.05) is 60.9 Å². The number of carbonyl (C=O) groups is 1. The Labute approximate surface area is 183 Å². The monoisotopic (exact) mass is 416 g/mol. The van der Waals surface area contributed by atoms with Crippen molar-refractivity contribution in [3.63, 3.8) is 0 Å². The van der Waals surface area contributed by atoms with Crippen molar-refractivity contribution in [3.05, 3.63) is 89.5 Å². The lowest BCUT2D eigenvalue weighted by Crippen LogP contribution is -2.49. The van der Waals surface area contributed by atoms with Crippen molar-refractivity contribution in [2.75, 3.05) is 26.2 Å². The summed E-state index contributed by atoms with van der Waals surface area (Å²) in [6, 6.07) is 17.8. The summed E-state index contributed by atoms with van der Waals surface area (Å²) in [6.45, 7) is 5.85. The molecule has 0 radical (unpaired) electrons. The average molecular weight is 417 g/mol. The SMILES string of the molecule is Cc1cccnc1CCc1ccc(OC(=O)N2CCN(Cc3ccccn3)CC2)cc1. The number of amides is 1. The van der Waals surface area contributed by atoms with Crippen LogP contribution in [0.5, 0.6) is 5.75 Å². The number of hydrogen-bond acceptors (Lipinski definition) is 5. The van der Waals surface area contributed by atoms with E-state index in [9.17, 15) is 4.79 Å². The van der Waals surface area contributed by atoms with Gasteiger partial charge in [0.05, 0.1) is 5.69 Å². The summed E-state index contributed by atoms with van der Waals surface area (Å²) in [6.07, 6.45) is 5.17. The molecule has 6 nitrogen and oxygen atoms in total. The topological polar surface area (TPSA) is 58.6 Å². The summed E-state index contributed by atoms with van der Waals surface area (Å²) in [5, 5.41) is 0. The molecule has 2 aromatic heterocycles. The van der Waals surface area contributed by atoms with Gasteiger partial charge in [0.1, 0.15) is 5.75 Å². The molecule has 31 heavy (non-hydrogen) atoms. The zero-order valence-electron chi connectivity index (χ0n) is 17.9. The van der Waals surface area contributed by atoms with E-state index in [0.717, 1.165) is 43.9 Å². The van der Waals surface area contributed by atoms with Crippen LogP contribution in [0.2, 0.25) is 0 Å². The highest BCUT2D eigenvalue weighted by Gasteiger charge is 2.22. The molecule has 1 fully saturated rings. The molecular formula is C25H28N4O2. The van der Waals surface area contributed by atoms with Gasteiger partial charge in [0.2, 0.25) is 0 Å². The zero-order valence-corrected chi connectivity index (χ0v) is 17.9. The van der Waals surface area contributed by atoms with E-state index in [-0.39, 0.29) is 6.09 Å². The van der Waals surface area contributed by atoms with Crippen molar-refractivity contribution in [1.29, 1.82) is 0 Å². The van der Waals surface area contributed by atoms with Crippen LogP contribution in [0.25, 0.3) is 0 Å². The number of aromatic nitrogens is 2. The van der Waals surface area contributed by atoms with Gasteiger partial charge in [-0.25, -0.2) is 4.79 Å². The van der Waals surface area contributed by atoms with Crippen LogP contribution in [0, 0.1) is 6.92 Å². The van der Waals surface area contributed by atoms with Crippen molar-refractivity contribution in [2.24, 2.45) is 0 Å². The molecule has 0 bridgehead atoms. The minimum atomic E-state index is -0.283. The molecular weight excluding hydrogens is 388 g/mol. The van der Waals surface area contributed by atoms with Gasteiger partial charge in [0.25, 0.3) is 0 Å². The molecule has 0 spiro atoms. The highest BCUT2D eigenvalue weighted by atomic mass is 16.6. The second-order valence-corrected chi connectivity index (χ2v) is 7.86. The van der Waals surface area contributed by atoms with Crippen LogP contribution < -0.4 is 4.74 Å². The first-order valence-electron chi connectivity index (χ1n) is 10.8. The Morgan fingerprint density at radius 3 is 2.39 bits per heavy atom. The van der Waals surface area contributed by atoms with Crippen molar-refractivity contribution < 1.29 is 9.53 Å². The Kier molecular flexibility index (Phi) is 6.89. The number of benzene rings is 1. The summed E-state index contributed by atoms with van der Waals surface area (Å²) >= 11 is 0. The van der Waals surface area contributed by atoms with Crippen molar-refractivity contribution in [2.45, 2.75) is 26.3 Å². The van der Waals surface area contributed by atoms with Crippen LogP contribution in [0.4, 0.5) is 4.79 Å². The first-order valence-corrected chi connectivity index (χ1v) is 10.8. The molecule has 0 N–H and O–H groups in total. The third-order valence-corrected chi connectivity index (χ3v) is 5.64. The summed E-state index contributed by atoms with van der Waals surface area (Å²) in [5.41, 5.74) is 4.60. The Hall–Kier alpha value is -3.25. The third kappa shape index (κ3) is 5.89. The number of nitrogens with zero attached hydrogens (tertiary/aromatic N) is 4. The van der Waals surface area contributed by atoms with Gasteiger partial charge in [0.15, 0.2) is 0 Å². The molecule has 0 unspecified atom stereocenters. The Morgan fingerprint density at radius 2 is 1.68 bits per heavy atom. The third-order valence-electron chi connectivity index (χ3n) is 5.64. The largest absolute Gasteiger partial charge is 0.415 e. The number of piperazine rings is 1. The van der Waals surface area contributed by atoms with Crippen LogP contribution in [0.1, 0.15) is 22.5 Å². The lowest BCUT2D eigenvalue weighted by molar-refractivity contribution is 0.107. The molecule has 1 aliphatic heterocycles. The minimum Gasteiger partial charge on any atom is -0.410 e. The zero-order chi connectivity index (χ0) is 21.5. The summed E-state index contributed by atoms with van der Waals surface area (Å²) in [4.78, 5) is 25.4. The molecule has 0 saturated carbocycles. The fraction of sp³-hybridized carbons (Fsp3) is 0.320. The second-order valence-electron chi connectivity index (χ2n) is 7.86. The first-order chi connectivity index (χ1) is 15.2. The van der Waals surface area contributed by atoms with Gasteiger partial charge < -0.3 is 9.64 Å². The Balaban J connectivity index is 1.23. The summed E-state index contributed by atoms with van der Waals surface area (Å²) < 4.78 is 5.59. The van der Waals surface area contributed by atoms with Crippen LogP contribution in [0.3, 0.4) is 0 Å². The van der Waals surface area contributed by atoms with E-state index < -0.39 is 0 Å². The van der Waals surface area contributed by atoms with Crippen LogP contribution >= 0.6 is 0 Å². The number of pyridine rings is 2. The maximum Gasteiger partial charge on any atom is 0.415 e. The van der Waals surface area contributed by atoms with E-state index in [1.165, 1.54) is 11.1 Å². The molecule has 0 aliphatic carbocycles. The maximum absolute atomic E-state index is 12.5. The number of rotatable bonds is 6. The van der Waals surface area contributed by atoms with E-state index in [2.05, 4.69) is 27.9 Å². The summed E-state index contributed by atoms with van der Waals surface area (Å²) in [7, 11) is 0.